The Balaban J connectivity index is 2.25. The van der Waals surface area contributed by atoms with Crippen LogP contribution in [0.5, 0.6) is 0 Å². The lowest BCUT2D eigenvalue weighted by Gasteiger charge is -2.32. The first-order valence-electron chi connectivity index (χ1n) is 7.09. The molecule has 0 spiro atoms. The third-order valence-electron chi connectivity index (χ3n) is 4.26. The lowest BCUT2D eigenvalue weighted by molar-refractivity contribution is -0.126. The van der Waals surface area contributed by atoms with Crippen LogP contribution in [0.4, 0.5) is 5.00 Å². The van der Waals surface area contributed by atoms with Crippen LogP contribution in [0, 0.1) is 19.3 Å². The van der Waals surface area contributed by atoms with Gasteiger partial charge in [-0.15, -0.1) is 11.3 Å². The predicted molar refractivity (Wildman–Crippen MR) is 84.0 cm³/mol. The molecule has 1 aliphatic heterocycles. The van der Waals surface area contributed by atoms with Crippen molar-refractivity contribution in [3.8, 4) is 0 Å². The first-order chi connectivity index (χ1) is 9.89. The summed E-state index contributed by atoms with van der Waals surface area (Å²) in [6, 6.07) is 0. The van der Waals surface area contributed by atoms with Crippen LogP contribution in [0.25, 0.3) is 0 Å². The summed E-state index contributed by atoms with van der Waals surface area (Å²) in [6.45, 7) is 7.48. The highest BCUT2D eigenvalue weighted by atomic mass is 32.1. The van der Waals surface area contributed by atoms with E-state index in [0.29, 0.717) is 10.6 Å². The van der Waals surface area contributed by atoms with E-state index in [1.807, 2.05) is 20.8 Å². The van der Waals surface area contributed by atoms with E-state index >= 15 is 0 Å². The number of thiophene rings is 1. The zero-order valence-corrected chi connectivity index (χ0v) is 13.8. The summed E-state index contributed by atoms with van der Waals surface area (Å²) in [7, 11) is 1.36. The van der Waals surface area contributed by atoms with Gasteiger partial charge in [-0.05, 0) is 45.3 Å². The number of hydrogen-bond donors (Lipinski definition) is 2. The standard InChI is InChI=1S/C15H22N2O3S/c1-9-10(2)21-12(11(9)13(18)20-4)17-14(19)15(3)5-7-16-8-6-15/h16H,5-8H2,1-4H3,(H,17,19). The Bertz CT molecular complexity index is 560. The molecule has 1 aromatic heterocycles. The molecule has 0 unspecified atom stereocenters. The average Bonchev–Trinajstić information content (AvgIpc) is 2.74. The van der Waals surface area contributed by atoms with Gasteiger partial charge in [0.1, 0.15) is 5.00 Å². The molecule has 116 valence electrons. The molecule has 2 rings (SSSR count). The van der Waals surface area contributed by atoms with E-state index in [1.54, 1.807) is 0 Å². The topological polar surface area (TPSA) is 67.4 Å². The molecular formula is C15H22N2O3S. The molecule has 0 atom stereocenters. The molecule has 2 N–H and O–H groups in total. The molecule has 1 aliphatic rings. The summed E-state index contributed by atoms with van der Waals surface area (Å²) in [4.78, 5) is 25.5. The number of amides is 1. The molecule has 6 heteroatoms. The summed E-state index contributed by atoms with van der Waals surface area (Å²) in [5.74, 6) is -0.419. The van der Waals surface area contributed by atoms with Gasteiger partial charge in [0, 0.05) is 10.3 Å². The highest BCUT2D eigenvalue weighted by Crippen LogP contribution is 2.36. The molecule has 1 aromatic rings. The van der Waals surface area contributed by atoms with E-state index in [2.05, 4.69) is 10.6 Å². The van der Waals surface area contributed by atoms with Crippen molar-refractivity contribution in [2.24, 2.45) is 5.41 Å². The zero-order valence-electron chi connectivity index (χ0n) is 13.0. The van der Waals surface area contributed by atoms with Crippen molar-refractivity contribution in [1.82, 2.24) is 5.32 Å². The fraction of sp³-hybridized carbons (Fsp3) is 0.600. The van der Waals surface area contributed by atoms with Crippen LogP contribution >= 0.6 is 11.3 Å². The molecule has 0 saturated carbocycles. The van der Waals surface area contributed by atoms with Crippen LogP contribution in [0.15, 0.2) is 0 Å². The van der Waals surface area contributed by atoms with Gasteiger partial charge in [0.15, 0.2) is 0 Å². The van der Waals surface area contributed by atoms with Crippen molar-refractivity contribution in [3.05, 3.63) is 16.0 Å². The van der Waals surface area contributed by atoms with E-state index in [-0.39, 0.29) is 11.3 Å². The number of nitrogens with one attached hydrogen (secondary N) is 2. The molecular weight excluding hydrogens is 288 g/mol. The number of hydrogen-bond acceptors (Lipinski definition) is 5. The minimum atomic E-state index is -0.400. The number of ether oxygens (including phenoxy) is 1. The van der Waals surface area contributed by atoms with Gasteiger partial charge in [0.25, 0.3) is 0 Å². The normalized spacial score (nSPS) is 17.3. The second kappa shape index (κ2) is 6.15. The molecule has 2 heterocycles. The van der Waals surface area contributed by atoms with Crippen LogP contribution < -0.4 is 10.6 Å². The summed E-state index contributed by atoms with van der Waals surface area (Å²) in [6.07, 6.45) is 1.60. The Hall–Kier alpha value is -1.40. The number of anilines is 1. The molecule has 0 aliphatic carbocycles. The predicted octanol–water partition coefficient (Wildman–Crippen LogP) is 2.48. The van der Waals surface area contributed by atoms with Gasteiger partial charge < -0.3 is 15.4 Å². The van der Waals surface area contributed by atoms with E-state index in [9.17, 15) is 9.59 Å². The second-order valence-corrected chi connectivity index (χ2v) is 6.97. The SMILES string of the molecule is COC(=O)c1c(NC(=O)C2(C)CCNCC2)sc(C)c1C. The Labute approximate surface area is 129 Å². The van der Waals surface area contributed by atoms with Crippen molar-refractivity contribution < 1.29 is 14.3 Å². The molecule has 0 bridgehead atoms. The Morgan fingerprint density at radius 2 is 1.90 bits per heavy atom. The highest BCUT2D eigenvalue weighted by Gasteiger charge is 2.35. The maximum absolute atomic E-state index is 12.6. The van der Waals surface area contributed by atoms with Gasteiger partial charge in [-0.2, -0.15) is 0 Å². The van der Waals surface area contributed by atoms with Crippen molar-refractivity contribution in [2.45, 2.75) is 33.6 Å². The van der Waals surface area contributed by atoms with Gasteiger partial charge >= 0.3 is 5.97 Å². The summed E-state index contributed by atoms with van der Waals surface area (Å²) < 4.78 is 4.83. The smallest absolute Gasteiger partial charge is 0.341 e. The van der Waals surface area contributed by atoms with Gasteiger partial charge in [-0.25, -0.2) is 4.79 Å². The quantitative estimate of drug-likeness (QED) is 0.842. The number of methoxy groups -OCH3 is 1. The van der Waals surface area contributed by atoms with Crippen molar-refractivity contribution >= 4 is 28.2 Å². The monoisotopic (exact) mass is 310 g/mol. The Morgan fingerprint density at radius 1 is 1.29 bits per heavy atom. The fourth-order valence-corrected chi connectivity index (χ4v) is 3.57. The molecule has 1 fully saturated rings. The molecule has 0 radical (unpaired) electrons. The van der Waals surface area contributed by atoms with E-state index < -0.39 is 5.97 Å². The number of carbonyl (C=O) groups is 2. The third kappa shape index (κ3) is 3.11. The molecule has 1 saturated heterocycles. The van der Waals surface area contributed by atoms with Crippen molar-refractivity contribution in [3.63, 3.8) is 0 Å². The molecule has 21 heavy (non-hydrogen) atoms. The van der Waals surface area contributed by atoms with E-state index in [4.69, 9.17) is 4.74 Å². The highest BCUT2D eigenvalue weighted by molar-refractivity contribution is 7.16. The Kier molecular flexibility index (Phi) is 4.68. The summed E-state index contributed by atoms with van der Waals surface area (Å²) >= 11 is 1.43. The van der Waals surface area contributed by atoms with E-state index in [0.717, 1.165) is 36.4 Å². The maximum Gasteiger partial charge on any atom is 0.341 e. The summed E-state index contributed by atoms with van der Waals surface area (Å²) in [5, 5.41) is 6.81. The van der Waals surface area contributed by atoms with Gasteiger partial charge in [0.2, 0.25) is 5.91 Å². The van der Waals surface area contributed by atoms with Crippen LogP contribution in [0.2, 0.25) is 0 Å². The number of piperidine rings is 1. The third-order valence-corrected chi connectivity index (χ3v) is 5.38. The van der Waals surface area contributed by atoms with Crippen LogP contribution in [0.1, 0.15) is 40.6 Å². The van der Waals surface area contributed by atoms with Crippen LogP contribution in [0.3, 0.4) is 0 Å². The zero-order chi connectivity index (χ0) is 15.6. The molecule has 5 nitrogen and oxygen atoms in total. The molecule has 1 amide bonds. The first kappa shape index (κ1) is 16.0. The maximum atomic E-state index is 12.6. The second-order valence-electron chi connectivity index (χ2n) is 5.74. The van der Waals surface area contributed by atoms with Crippen molar-refractivity contribution in [1.29, 1.82) is 0 Å². The Morgan fingerprint density at radius 3 is 2.48 bits per heavy atom. The summed E-state index contributed by atoms with van der Waals surface area (Å²) in [5.41, 5.74) is 0.966. The largest absolute Gasteiger partial charge is 0.465 e. The average molecular weight is 310 g/mol. The van der Waals surface area contributed by atoms with Crippen LogP contribution in [-0.2, 0) is 9.53 Å². The van der Waals surface area contributed by atoms with E-state index in [1.165, 1.54) is 18.4 Å². The lowest BCUT2D eigenvalue weighted by Crippen LogP contribution is -2.42. The van der Waals surface area contributed by atoms with Gasteiger partial charge in [0.05, 0.1) is 12.7 Å². The van der Waals surface area contributed by atoms with Gasteiger partial charge in [-0.1, -0.05) is 6.92 Å². The number of aryl methyl sites for hydroxylation is 1. The van der Waals surface area contributed by atoms with Crippen LogP contribution in [-0.4, -0.2) is 32.1 Å². The number of carbonyl (C=O) groups excluding carboxylic acids is 2. The van der Waals surface area contributed by atoms with Gasteiger partial charge in [-0.3, -0.25) is 4.79 Å². The number of rotatable bonds is 3. The minimum Gasteiger partial charge on any atom is -0.465 e. The van der Waals surface area contributed by atoms with Crippen molar-refractivity contribution in [2.75, 3.05) is 25.5 Å². The fourth-order valence-electron chi connectivity index (χ4n) is 2.52. The minimum absolute atomic E-state index is 0.0181. The first-order valence-corrected chi connectivity index (χ1v) is 7.91. The molecule has 0 aromatic carbocycles. The number of esters is 1. The lowest BCUT2D eigenvalue weighted by atomic mass is 9.80.